The fourth-order valence-corrected chi connectivity index (χ4v) is 4.08. The number of carbonyl (C=O) groups excluding carboxylic acids is 4. The van der Waals surface area contributed by atoms with Crippen molar-refractivity contribution in [2.45, 2.75) is 78.2 Å². The predicted molar refractivity (Wildman–Crippen MR) is 158 cm³/mol. The van der Waals surface area contributed by atoms with Gasteiger partial charge in [0.15, 0.2) is 6.10 Å². The number of hydrogen-bond donors (Lipinski definition) is 2. The van der Waals surface area contributed by atoms with Crippen molar-refractivity contribution in [2.75, 3.05) is 13.7 Å². The van der Waals surface area contributed by atoms with Crippen LogP contribution in [-0.2, 0) is 41.6 Å². The van der Waals surface area contributed by atoms with Gasteiger partial charge in [0.25, 0.3) is 0 Å². The largest absolute Gasteiger partial charge is 0.495 e. The van der Waals surface area contributed by atoms with Gasteiger partial charge in [-0.2, -0.15) is 0 Å². The highest BCUT2D eigenvalue weighted by atomic mass is 35.5. The summed E-state index contributed by atoms with van der Waals surface area (Å²) in [5.41, 5.74) is 0.712. The maximum absolute atomic E-state index is 13.1. The Labute approximate surface area is 252 Å². The van der Waals surface area contributed by atoms with Crippen molar-refractivity contribution < 1.29 is 38.1 Å². The lowest BCUT2D eigenvalue weighted by atomic mass is 10.0. The Morgan fingerprint density at radius 3 is 2.26 bits per heavy atom. The Hall–Kier alpha value is -3.79. The third kappa shape index (κ3) is 12.8. The quantitative estimate of drug-likeness (QED) is 0.228. The van der Waals surface area contributed by atoms with Gasteiger partial charge in [-0.05, 0) is 56.4 Å². The minimum absolute atomic E-state index is 0.0628. The van der Waals surface area contributed by atoms with Gasteiger partial charge in [0.2, 0.25) is 5.91 Å². The molecule has 0 unspecified atom stereocenters. The number of esters is 2. The standard InChI is InChI=1S/C31H41ClN2O8/c1-20(2)16-26(29(37)40-19-21-10-8-7-9-11-21)41-27(35)14-15-33-28(36)24(34-30(38)42-31(3,4)5)18-22-12-13-25(39-6)23(32)17-22/h7-13,17,20,24,26H,14-16,18-19H2,1-6H3,(H,33,36)(H,34,38)/t24-,26+/m1/s1. The normalized spacial score (nSPS) is 12.6. The lowest BCUT2D eigenvalue weighted by molar-refractivity contribution is -0.169. The van der Waals surface area contributed by atoms with Gasteiger partial charge >= 0.3 is 18.0 Å². The van der Waals surface area contributed by atoms with Gasteiger partial charge < -0.3 is 29.6 Å². The van der Waals surface area contributed by atoms with Gasteiger partial charge in [0, 0.05) is 13.0 Å². The molecule has 11 heteroatoms. The Morgan fingerprint density at radius 1 is 0.976 bits per heavy atom. The number of hydrogen-bond acceptors (Lipinski definition) is 8. The highest BCUT2D eigenvalue weighted by Gasteiger charge is 2.27. The van der Waals surface area contributed by atoms with Crippen LogP contribution < -0.4 is 15.4 Å². The van der Waals surface area contributed by atoms with Gasteiger partial charge in [-0.3, -0.25) is 9.59 Å². The van der Waals surface area contributed by atoms with Crippen LogP contribution in [0.25, 0.3) is 0 Å². The molecule has 0 saturated carbocycles. The third-order valence-electron chi connectivity index (χ3n) is 5.74. The Morgan fingerprint density at radius 2 is 1.67 bits per heavy atom. The molecule has 0 bridgehead atoms. The first-order valence-corrected chi connectivity index (χ1v) is 14.1. The smallest absolute Gasteiger partial charge is 0.408 e. The summed E-state index contributed by atoms with van der Waals surface area (Å²) >= 11 is 6.23. The Balaban J connectivity index is 1.98. The van der Waals surface area contributed by atoms with E-state index >= 15 is 0 Å². The Bertz CT molecular complexity index is 1200. The molecule has 42 heavy (non-hydrogen) atoms. The molecular weight excluding hydrogens is 564 g/mol. The number of benzene rings is 2. The average Bonchev–Trinajstić information content (AvgIpc) is 2.90. The highest BCUT2D eigenvalue weighted by Crippen LogP contribution is 2.25. The molecule has 0 saturated heterocycles. The van der Waals surface area contributed by atoms with Crippen LogP contribution in [0.1, 0.15) is 58.6 Å². The van der Waals surface area contributed by atoms with E-state index in [-0.39, 0.29) is 38.3 Å². The zero-order chi connectivity index (χ0) is 31.3. The molecule has 0 spiro atoms. The van der Waals surface area contributed by atoms with Crippen LogP contribution in [0.2, 0.25) is 5.02 Å². The molecule has 0 heterocycles. The topological polar surface area (TPSA) is 129 Å². The molecule has 2 atom stereocenters. The van der Waals surface area contributed by atoms with Crippen molar-refractivity contribution in [1.29, 1.82) is 0 Å². The summed E-state index contributed by atoms with van der Waals surface area (Å²) in [7, 11) is 1.49. The lowest BCUT2D eigenvalue weighted by Gasteiger charge is -2.23. The number of methoxy groups -OCH3 is 1. The maximum atomic E-state index is 13.1. The van der Waals surface area contributed by atoms with Gasteiger partial charge in [0.05, 0.1) is 18.6 Å². The molecule has 230 valence electrons. The van der Waals surface area contributed by atoms with E-state index in [4.69, 9.17) is 30.5 Å². The summed E-state index contributed by atoms with van der Waals surface area (Å²) < 4.78 is 21.3. The second kappa shape index (κ2) is 16.6. The zero-order valence-electron chi connectivity index (χ0n) is 25.0. The van der Waals surface area contributed by atoms with Crippen LogP contribution in [0.3, 0.4) is 0 Å². The van der Waals surface area contributed by atoms with Crippen LogP contribution in [0.15, 0.2) is 48.5 Å². The summed E-state index contributed by atoms with van der Waals surface area (Å²) in [5.74, 6) is -1.31. The molecule has 2 rings (SSSR count). The van der Waals surface area contributed by atoms with Gasteiger partial charge in [-0.1, -0.05) is 61.8 Å². The SMILES string of the molecule is COc1ccc(C[C@@H](NC(=O)OC(C)(C)C)C(=O)NCCC(=O)O[C@@H](CC(C)C)C(=O)OCc2ccccc2)cc1Cl. The monoisotopic (exact) mass is 604 g/mol. The number of amides is 2. The third-order valence-corrected chi connectivity index (χ3v) is 6.03. The summed E-state index contributed by atoms with van der Waals surface area (Å²) in [4.78, 5) is 50.8. The fraction of sp³-hybridized carbons (Fsp3) is 0.484. The molecule has 2 amide bonds. The van der Waals surface area contributed by atoms with Crippen LogP contribution in [0, 0.1) is 5.92 Å². The summed E-state index contributed by atoms with van der Waals surface area (Å²) in [6.45, 7) is 8.91. The zero-order valence-corrected chi connectivity index (χ0v) is 25.8. The molecule has 0 radical (unpaired) electrons. The molecule has 0 aliphatic heterocycles. The van der Waals surface area contributed by atoms with Gasteiger partial charge in [-0.15, -0.1) is 0 Å². The molecule has 0 aliphatic carbocycles. The van der Waals surface area contributed by atoms with E-state index in [0.29, 0.717) is 16.3 Å². The van der Waals surface area contributed by atoms with Crippen molar-refractivity contribution in [3.8, 4) is 5.75 Å². The molecular formula is C31H41ClN2O8. The molecule has 2 aromatic rings. The van der Waals surface area contributed by atoms with E-state index < -0.39 is 41.7 Å². The first-order chi connectivity index (χ1) is 19.8. The van der Waals surface area contributed by atoms with Crippen molar-refractivity contribution in [3.05, 3.63) is 64.7 Å². The number of halogens is 1. The summed E-state index contributed by atoms with van der Waals surface area (Å²) in [6, 6.07) is 13.2. The van der Waals surface area contributed by atoms with E-state index in [0.717, 1.165) is 5.56 Å². The van der Waals surface area contributed by atoms with E-state index in [9.17, 15) is 19.2 Å². The summed E-state index contributed by atoms with van der Waals surface area (Å²) in [6.07, 6.45) is -1.65. The molecule has 0 aromatic heterocycles. The van der Waals surface area contributed by atoms with Crippen molar-refractivity contribution in [1.82, 2.24) is 10.6 Å². The van der Waals surface area contributed by atoms with Gasteiger partial charge in [0.1, 0.15) is 24.0 Å². The average molecular weight is 605 g/mol. The maximum Gasteiger partial charge on any atom is 0.408 e. The predicted octanol–water partition coefficient (Wildman–Crippen LogP) is 4.99. The highest BCUT2D eigenvalue weighted by molar-refractivity contribution is 6.32. The minimum atomic E-state index is -1.07. The second-order valence-electron chi connectivity index (χ2n) is 11.1. The second-order valence-corrected chi connectivity index (χ2v) is 11.5. The van der Waals surface area contributed by atoms with E-state index in [2.05, 4.69) is 10.6 Å². The number of ether oxygens (including phenoxy) is 4. The molecule has 2 aromatic carbocycles. The molecule has 2 N–H and O–H groups in total. The van der Waals surface area contributed by atoms with E-state index in [1.807, 2.05) is 44.2 Å². The first kappa shape index (κ1) is 34.4. The summed E-state index contributed by atoms with van der Waals surface area (Å²) in [5, 5.41) is 5.58. The van der Waals surface area contributed by atoms with Crippen LogP contribution >= 0.6 is 11.6 Å². The van der Waals surface area contributed by atoms with Crippen LogP contribution in [0.4, 0.5) is 4.79 Å². The number of nitrogens with one attached hydrogen (secondary N) is 2. The van der Waals surface area contributed by atoms with E-state index in [1.54, 1.807) is 39.0 Å². The van der Waals surface area contributed by atoms with E-state index in [1.165, 1.54) is 7.11 Å². The van der Waals surface area contributed by atoms with Crippen molar-refractivity contribution in [3.63, 3.8) is 0 Å². The minimum Gasteiger partial charge on any atom is -0.495 e. The molecule has 0 aliphatic rings. The van der Waals surface area contributed by atoms with Crippen molar-refractivity contribution in [2.24, 2.45) is 5.92 Å². The number of carbonyl (C=O) groups is 4. The fourth-order valence-electron chi connectivity index (χ4n) is 3.80. The first-order valence-electron chi connectivity index (χ1n) is 13.8. The van der Waals surface area contributed by atoms with Crippen LogP contribution in [0.5, 0.6) is 5.75 Å². The van der Waals surface area contributed by atoms with Crippen molar-refractivity contribution >= 4 is 35.5 Å². The molecule has 0 fully saturated rings. The van der Waals surface area contributed by atoms with Gasteiger partial charge in [-0.25, -0.2) is 9.59 Å². The number of alkyl carbamates (subject to hydrolysis) is 1. The Kier molecular flexibility index (Phi) is 13.6. The number of rotatable bonds is 14. The lowest BCUT2D eigenvalue weighted by Crippen LogP contribution is -2.49. The molecule has 10 nitrogen and oxygen atoms in total. The van der Waals surface area contributed by atoms with Crippen LogP contribution in [-0.4, -0.2) is 55.3 Å².